The number of primary amides is 1. The Morgan fingerprint density at radius 1 is 1.02 bits per heavy atom. The zero-order chi connectivity index (χ0) is 29.4. The third-order valence-corrected chi connectivity index (χ3v) is 10.9. The zero-order valence-electron chi connectivity index (χ0n) is 22.4. The summed E-state index contributed by atoms with van der Waals surface area (Å²) in [6.45, 7) is 2.52. The van der Waals surface area contributed by atoms with E-state index in [4.69, 9.17) is 5.73 Å². The maximum Gasteiger partial charge on any atom is 0.250 e. The maximum atomic E-state index is 13.2. The number of hydrogen-bond acceptors (Lipinski definition) is 5. The van der Waals surface area contributed by atoms with Gasteiger partial charge in [-0.3, -0.25) is 4.79 Å². The van der Waals surface area contributed by atoms with Crippen molar-refractivity contribution in [2.24, 2.45) is 5.73 Å². The first kappa shape index (κ1) is 28.9. The topological polar surface area (TPSA) is 142 Å². The minimum atomic E-state index is -3.85. The summed E-state index contributed by atoms with van der Waals surface area (Å²) >= 11 is 0. The van der Waals surface area contributed by atoms with Gasteiger partial charge in [0.25, 0.3) is 5.91 Å². The van der Waals surface area contributed by atoms with Crippen LogP contribution < -0.4 is 10.5 Å². The van der Waals surface area contributed by atoms with Gasteiger partial charge in [-0.15, -0.1) is 0 Å². The van der Waals surface area contributed by atoms with Gasteiger partial charge in [-0.05, 0) is 90.4 Å². The number of amides is 1. The van der Waals surface area contributed by atoms with Crippen LogP contribution in [0, 0.1) is 5.82 Å². The van der Waals surface area contributed by atoms with Crippen molar-refractivity contribution in [1.29, 1.82) is 0 Å². The number of H-pyrrole nitrogens is 1. The van der Waals surface area contributed by atoms with E-state index >= 15 is 0 Å². The number of nitrogens with zero attached hydrogens (tertiary/aromatic N) is 1. The Bertz CT molecular complexity index is 1810. The molecule has 0 radical (unpaired) electrons. The Morgan fingerprint density at radius 3 is 2.39 bits per heavy atom. The van der Waals surface area contributed by atoms with Gasteiger partial charge in [-0.25, -0.2) is 30.3 Å². The first-order chi connectivity index (χ1) is 19.5. The van der Waals surface area contributed by atoms with Crippen LogP contribution in [0.2, 0.25) is 0 Å². The molecule has 216 valence electrons. The van der Waals surface area contributed by atoms with Crippen molar-refractivity contribution in [1.82, 2.24) is 14.0 Å². The molecule has 0 atom stereocenters. The number of rotatable bonds is 9. The zero-order valence-corrected chi connectivity index (χ0v) is 24.1. The van der Waals surface area contributed by atoms with Gasteiger partial charge < -0.3 is 10.7 Å². The van der Waals surface area contributed by atoms with Crippen molar-refractivity contribution < 1.29 is 26.0 Å². The van der Waals surface area contributed by atoms with E-state index in [9.17, 15) is 26.0 Å². The molecule has 0 spiro atoms. The molecular weight excluding hydrogens is 567 g/mol. The molecule has 3 aromatic carbocycles. The smallest absolute Gasteiger partial charge is 0.250 e. The number of benzene rings is 3. The van der Waals surface area contributed by atoms with Gasteiger partial charge in [0.2, 0.25) is 20.0 Å². The maximum absolute atomic E-state index is 13.2. The average Bonchev–Trinajstić information content (AvgIpc) is 3.40. The predicted octanol–water partition coefficient (Wildman–Crippen LogP) is 4.08. The number of carbonyl (C=O) groups excluding carboxylic acids is 1. The van der Waals surface area contributed by atoms with Crippen LogP contribution in [0.3, 0.4) is 0 Å². The summed E-state index contributed by atoms with van der Waals surface area (Å²) in [6, 6.07) is 15.6. The molecule has 0 saturated carbocycles. The summed E-state index contributed by atoms with van der Waals surface area (Å²) in [5.41, 5.74) is 9.91. The minimum absolute atomic E-state index is 0.00706. The van der Waals surface area contributed by atoms with Crippen molar-refractivity contribution in [3.63, 3.8) is 0 Å². The normalized spacial score (nSPS) is 15.4. The van der Waals surface area contributed by atoms with Gasteiger partial charge in [0.1, 0.15) is 5.82 Å². The van der Waals surface area contributed by atoms with Crippen LogP contribution in [0.1, 0.15) is 47.2 Å². The standard InChI is InChI=1S/C29H31FN4O5S2/c1-2-40(36,37)34-12-10-20(11-13-34)27-18-32-28-25(27)15-22(16-26(28)29(31)35)21-5-3-4-19(14-21)17-33-41(38,39)24-8-6-23(30)7-9-24/h3-9,14-16,18,20,32-33H,2,10-13,17H2,1H3,(H2,31,35). The average molecular weight is 599 g/mol. The SMILES string of the molecule is CCS(=O)(=O)N1CCC(c2c[nH]c3c(C(N)=O)cc(-c4cccc(CNS(=O)(=O)c5ccc(F)cc5)c4)cc23)CC1. The fraction of sp³-hybridized carbons (Fsp3) is 0.276. The number of piperidine rings is 1. The first-order valence-corrected chi connectivity index (χ1v) is 16.3. The number of sulfonamides is 2. The Labute approximate surface area is 238 Å². The molecular formula is C29H31FN4O5S2. The van der Waals surface area contributed by atoms with Crippen molar-refractivity contribution in [2.75, 3.05) is 18.8 Å². The lowest BCUT2D eigenvalue weighted by atomic mass is 9.88. The van der Waals surface area contributed by atoms with Crippen LogP contribution >= 0.6 is 0 Å². The molecule has 2 heterocycles. The van der Waals surface area contributed by atoms with E-state index < -0.39 is 31.8 Å². The van der Waals surface area contributed by atoms with Gasteiger partial charge in [-0.2, -0.15) is 0 Å². The highest BCUT2D eigenvalue weighted by molar-refractivity contribution is 7.89. The fourth-order valence-electron chi connectivity index (χ4n) is 5.32. The second-order valence-electron chi connectivity index (χ2n) is 10.1. The summed E-state index contributed by atoms with van der Waals surface area (Å²) in [5, 5.41) is 0.843. The number of nitrogens with one attached hydrogen (secondary N) is 2. The van der Waals surface area contributed by atoms with Crippen LogP contribution in [-0.4, -0.2) is 50.9 Å². The highest BCUT2D eigenvalue weighted by Crippen LogP contribution is 2.37. The number of aromatic nitrogens is 1. The lowest BCUT2D eigenvalue weighted by molar-refractivity contribution is 0.100. The van der Waals surface area contributed by atoms with Gasteiger partial charge in [0, 0.05) is 31.2 Å². The molecule has 41 heavy (non-hydrogen) atoms. The molecule has 1 fully saturated rings. The Balaban J connectivity index is 1.43. The largest absolute Gasteiger partial charge is 0.366 e. The van der Waals surface area contributed by atoms with Crippen LogP contribution in [-0.2, 0) is 26.6 Å². The van der Waals surface area contributed by atoms with Crippen LogP contribution in [0.15, 0.2) is 71.8 Å². The highest BCUT2D eigenvalue weighted by atomic mass is 32.2. The highest BCUT2D eigenvalue weighted by Gasteiger charge is 2.29. The summed E-state index contributed by atoms with van der Waals surface area (Å²) in [4.78, 5) is 15.6. The molecule has 12 heteroatoms. The number of nitrogens with two attached hydrogens (primary N) is 1. The summed E-state index contributed by atoms with van der Waals surface area (Å²) < 4.78 is 67.2. The fourth-order valence-corrected chi connectivity index (χ4v) is 7.47. The molecule has 4 aromatic rings. The molecule has 1 saturated heterocycles. The quantitative estimate of drug-likeness (QED) is 0.266. The molecule has 0 unspecified atom stereocenters. The summed E-state index contributed by atoms with van der Waals surface area (Å²) in [5.74, 6) is -0.931. The van der Waals surface area contributed by atoms with Gasteiger partial charge >= 0.3 is 0 Å². The number of aromatic amines is 1. The summed E-state index contributed by atoms with van der Waals surface area (Å²) in [7, 11) is -7.09. The molecule has 1 aromatic heterocycles. The number of halogens is 1. The lowest BCUT2D eigenvalue weighted by Gasteiger charge is -2.31. The van der Waals surface area contributed by atoms with E-state index in [1.54, 1.807) is 25.1 Å². The molecule has 4 N–H and O–H groups in total. The Hall–Kier alpha value is -3.58. The third kappa shape index (κ3) is 6.05. The van der Waals surface area contributed by atoms with Crippen LogP contribution in [0.4, 0.5) is 4.39 Å². The predicted molar refractivity (Wildman–Crippen MR) is 156 cm³/mol. The molecule has 9 nitrogen and oxygen atoms in total. The van der Waals surface area contributed by atoms with Crippen molar-refractivity contribution >= 4 is 36.9 Å². The van der Waals surface area contributed by atoms with Crippen molar-refractivity contribution in [3.05, 3.63) is 89.4 Å². The van der Waals surface area contributed by atoms with Gasteiger partial charge in [-0.1, -0.05) is 18.2 Å². The minimum Gasteiger partial charge on any atom is -0.366 e. The van der Waals surface area contributed by atoms with Crippen molar-refractivity contribution in [2.45, 2.75) is 37.1 Å². The second-order valence-corrected chi connectivity index (χ2v) is 14.1. The van der Waals surface area contributed by atoms with Crippen LogP contribution in [0.5, 0.6) is 0 Å². The number of carbonyl (C=O) groups is 1. The first-order valence-electron chi connectivity index (χ1n) is 13.3. The second kappa shape index (κ2) is 11.4. The third-order valence-electron chi connectivity index (χ3n) is 7.59. The van der Waals surface area contributed by atoms with E-state index in [0.717, 1.165) is 34.2 Å². The molecule has 0 aliphatic carbocycles. The van der Waals surface area contributed by atoms with E-state index in [0.29, 0.717) is 42.6 Å². The molecule has 1 aliphatic rings. The van der Waals surface area contributed by atoms with Gasteiger partial charge in [0.05, 0.1) is 21.7 Å². The molecule has 1 aliphatic heterocycles. The van der Waals surface area contributed by atoms with Crippen molar-refractivity contribution in [3.8, 4) is 11.1 Å². The summed E-state index contributed by atoms with van der Waals surface area (Å²) in [6.07, 6.45) is 3.19. The molecule has 5 rings (SSSR count). The number of fused-ring (bicyclic) bond motifs is 1. The van der Waals surface area contributed by atoms with Gasteiger partial charge in [0.15, 0.2) is 0 Å². The van der Waals surface area contributed by atoms with E-state index in [2.05, 4.69) is 9.71 Å². The lowest BCUT2D eigenvalue weighted by Crippen LogP contribution is -2.38. The molecule has 1 amide bonds. The Morgan fingerprint density at radius 2 is 1.73 bits per heavy atom. The van der Waals surface area contributed by atoms with E-state index in [1.807, 2.05) is 24.4 Å². The van der Waals surface area contributed by atoms with Crippen LogP contribution in [0.25, 0.3) is 22.0 Å². The monoisotopic (exact) mass is 598 g/mol. The Kier molecular flexibility index (Phi) is 8.02. The van der Waals surface area contributed by atoms with E-state index in [1.165, 1.54) is 16.4 Å². The van der Waals surface area contributed by atoms with E-state index in [-0.39, 0.29) is 23.1 Å². The number of hydrogen-bond donors (Lipinski definition) is 3. The molecule has 0 bridgehead atoms.